The van der Waals surface area contributed by atoms with E-state index in [4.69, 9.17) is 11.6 Å². The number of halogens is 5. The molecule has 3 rings (SSSR count). The molecule has 3 aromatic rings. The van der Waals surface area contributed by atoms with E-state index in [1.165, 1.54) is 37.3 Å². The molecule has 0 saturated carbocycles. The fourth-order valence-corrected chi connectivity index (χ4v) is 2.50. The second-order valence-electron chi connectivity index (χ2n) is 5.41. The van der Waals surface area contributed by atoms with Gasteiger partial charge in [-0.3, -0.25) is 4.79 Å². The summed E-state index contributed by atoms with van der Waals surface area (Å²) in [5, 5.41) is 2.41. The molecular formula is C16H11ClF4N4O2. The highest BCUT2D eigenvalue weighted by atomic mass is 35.5. The summed E-state index contributed by atoms with van der Waals surface area (Å²) in [6.45, 7) is -1.60. The molecular weight excluding hydrogens is 392 g/mol. The number of amides is 1. The zero-order valence-corrected chi connectivity index (χ0v) is 14.3. The van der Waals surface area contributed by atoms with Crippen LogP contribution < -0.4 is 10.1 Å². The van der Waals surface area contributed by atoms with E-state index < -0.39 is 23.6 Å². The normalized spacial score (nSPS) is 11.8. The highest BCUT2D eigenvalue weighted by Gasteiger charge is 2.32. The maximum atomic E-state index is 13.6. The number of aromatic nitrogens is 3. The van der Waals surface area contributed by atoms with E-state index in [2.05, 4.69) is 20.1 Å². The number of alkyl halides is 5. The number of rotatable bonds is 5. The number of ether oxygens (including phenoxy) is 1. The van der Waals surface area contributed by atoms with Gasteiger partial charge in [-0.15, -0.1) is 0 Å². The molecule has 2 aromatic heterocycles. The molecule has 0 spiro atoms. The van der Waals surface area contributed by atoms with Crippen molar-refractivity contribution in [2.45, 2.75) is 18.9 Å². The van der Waals surface area contributed by atoms with Crippen LogP contribution in [0.4, 0.5) is 23.2 Å². The molecule has 0 aliphatic rings. The van der Waals surface area contributed by atoms with Gasteiger partial charge in [-0.05, 0) is 36.7 Å². The fourth-order valence-electron chi connectivity index (χ4n) is 2.37. The highest BCUT2D eigenvalue weighted by molar-refractivity contribution is 6.21. The van der Waals surface area contributed by atoms with Crippen LogP contribution in [0, 0.1) is 6.92 Å². The summed E-state index contributed by atoms with van der Waals surface area (Å²) in [5.41, 5.74) is -0.728. The van der Waals surface area contributed by atoms with Gasteiger partial charge in [-0.2, -0.15) is 22.7 Å². The number of nitrogens with zero attached hydrogens (tertiary/aromatic N) is 3. The van der Waals surface area contributed by atoms with Crippen molar-refractivity contribution < 1.29 is 27.1 Å². The summed E-state index contributed by atoms with van der Waals surface area (Å²) >= 11 is 5.09. The van der Waals surface area contributed by atoms with Crippen molar-refractivity contribution in [3.05, 3.63) is 53.5 Å². The third kappa shape index (κ3) is 4.11. The molecule has 0 radical (unpaired) electrons. The van der Waals surface area contributed by atoms with Gasteiger partial charge in [0.2, 0.25) is 0 Å². The van der Waals surface area contributed by atoms with Gasteiger partial charge in [-0.1, -0.05) is 12.1 Å². The number of fused-ring (bicyclic) bond motifs is 1. The molecule has 142 valence electrons. The Morgan fingerprint density at radius 3 is 2.67 bits per heavy atom. The van der Waals surface area contributed by atoms with Gasteiger partial charge in [0.15, 0.2) is 11.3 Å². The second-order valence-corrected chi connectivity index (χ2v) is 5.88. The van der Waals surface area contributed by atoms with Crippen molar-refractivity contribution in [3.63, 3.8) is 0 Å². The molecule has 0 aliphatic heterocycles. The molecule has 0 bridgehead atoms. The summed E-state index contributed by atoms with van der Waals surface area (Å²) in [7, 11) is 0. The summed E-state index contributed by atoms with van der Waals surface area (Å²) in [5.74, 6) is -1.08. The maximum absolute atomic E-state index is 13.6. The topological polar surface area (TPSA) is 68.5 Å². The molecule has 2 heterocycles. The van der Waals surface area contributed by atoms with Crippen LogP contribution in [0.3, 0.4) is 0 Å². The minimum Gasteiger partial charge on any atom is -0.433 e. The van der Waals surface area contributed by atoms with Gasteiger partial charge >= 0.3 is 12.0 Å². The Bertz CT molecular complexity index is 1000. The first kappa shape index (κ1) is 18.9. The van der Waals surface area contributed by atoms with E-state index in [0.717, 1.165) is 10.6 Å². The Labute approximate surface area is 154 Å². The van der Waals surface area contributed by atoms with Crippen molar-refractivity contribution in [1.29, 1.82) is 0 Å². The Morgan fingerprint density at radius 1 is 1.30 bits per heavy atom. The van der Waals surface area contributed by atoms with E-state index in [1.807, 2.05) is 0 Å². The Balaban J connectivity index is 1.96. The minimum atomic E-state index is -3.73. The quantitative estimate of drug-likeness (QED) is 0.513. The predicted molar refractivity (Wildman–Crippen MR) is 88.5 cm³/mol. The standard InChI is InChI=1S/C16H11ClF4N4O2/c1-8-6-12(16(17,20)21)25-13(22-8)7-10(24-25)14(26)23-9-4-2-3-5-11(9)27-15(18)19/h2-7,15H,1H3,(H,23,26). The number of anilines is 1. The molecule has 27 heavy (non-hydrogen) atoms. The Morgan fingerprint density at radius 2 is 2.00 bits per heavy atom. The van der Waals surface area contributed by atoms with Crippen LogP contribution in [0.5, 0.6) is 5.75 Å². The van der Waals surface area contributed by atoms with E-state index in [-0.39, 0.29) is 28.5 Å². The van der Waals surface area contributed by atoms with Gasteiger partial charge in [0.05, 0.1) is 5.69 Å². The molecule has 1 aromatic carbocycles. The smallest absolute Gasteiger partial charge is 0.387 e. The zero-order chi connectivity index (χ0) is 19.8. The van der Waals surface area contributed by atoms with Gasteiger partial charge in [-0.25, -0.2) is 9.50 Å². The van der Waals surface area contributed by atoms with Gasteiger partial charge in [0.1, 0.15) is 11.4 Å². The van der Waals surface area contributed by atoms with Crippen LogP contribution in [0.25, 0.3) is 5.65 Å². The lowest BCUT2D eigenvalue weighted by molar-refractivity contribution is -0.0493. The lowest BCUT2D eigenvalue weighted by atomic mass is 10.3. The van der Waals surface area contributed by atoms with E-state index in [0.29, 0.717) is 0 Å². The van der Waals surface area contributed by atoms with Crippen molar-refractivity contribution in [2.75, 3.05) is 5.32 Å². The molecule has 0 atom stereocenters. The van der Waals surface area contributed by atoms with Crippen LogP contribution >= 0.6 is 11.6 Å². The summed E-state index contributed by atoms with van der Waals surface area (Å²) < 4.78 is 57.1. The largest absolute Gasteiger partial charge is 0.433 e. The fraction of sp³-hybridized carbons (Fsp3) is 0.188. The lowest BCUT2D eigenvalue weighted by Crippen LogP contribution is -2.16. The highest BCUT2D eigenvalue weighted by Crippen LogP contribution is 2.33. The third-order valence-electron chi connectivity index (χ3n) is 3.43. The monoisotopic (exact) mass is 402 g/mol. The molecule has 0 fully saturated rings. The third-order valence-corrected chi connectivity index (χ3v) is 3.62. The number of carbonyl (C=O) groups excluding carboxylic acids is 1. The van der Waals surface area contributed by atoms with Gasteiger partial charge < -0.3 is 10.1 Å². The maximum Gasteiger partial charge on any atom is 0.387 e. The van der Waals surface area contributed by atoms with Crippen molar-refractivity contribution >= 4 is 28.8 Å². The van der Waals surface area contributed by atoms with E-state index >= 15 is 0 Å². The van der Waals surface area contributed by atoms with Gasteiger partial charge in [0, 0.05) is 11.8 Å². The first-order valence-corrected chi connectivity index (χ1v) is 7.83. The number of para-hydroxylation sites is 2. The molecule has 0 saturated heterocycles. The second kappa shape index (κ2) is 7.03. The van der Waals surface area contributed by atoms with Crippen molar-refractivity contribution in [2.24, 2.45) is 0 Å². The molecule has 1 N–H and O–H groups in total. The first-order chi connectivity index (χ1) is 12.6. The van der Waals surface area contributed by atoms with Crippen LogP contribution in [0.2, 0.25) is 0 Å². The SMILES string of the molecule is Cc1cc(C(F)(F)Cl)n2nc(C(=O)Nc3ccccc3OC(F)F)cc2n1. The van der Waals surface area contributed by atoms with Crippen LogP contribution in [-0.4, -0.2) is 27.1 Å². The molecule has 11 heteroatoms. The average Bonchev–Trinajstić information content (AvgIpc) is 2.98. The van der Waals surface area contributed by atoms with Crippen LogP contribution in [0.1, 0.15) is 21.9 Å². The van der Waals surface area contributed by atoms with Crippen LogP contribution in [0.15, 0.2) is 36.4 Å². The number of aryl methyl sites for hydroxylation is 1. The number of hydrogen-bond donors (Lipinski definition) is 1. The predicted octanol–water partition coefficient (Wildman–Crippen LogP) is 4.18. The average molecular weight is 403 g/mol. The number of benzene rings is 1. The number of hydrogen-bond acceptors (Lipinski definition) is 4. The Hall–Kier alpha value is -2.88. The molecule has 0 aliphatic carbocycles. The van der Waals surface area contributed by atoms with Crippen LogP contribution in [-0.2, 0) is 5.38 Å². The first-order valence-electron chi connectivity index (χ1n) is 7.45. The van der Waals surface area contributed by atoms with Gasteiger partial charge in [0.25, 0.3) is 5.91 Å². The summed E-state index contributed by atoms with van der Waals surface area (Å²) in [6, 6.07) is 7.73. The van der Waals surface area contributed by atoms with Crippen molar-refractivity contribution in [3.8, 4) is 5.75 Å². The lowest BCUT2D eigenvalue weighted by Gasteiger charge is -2.11. The van der Waals surface area contributed by atoms with E-state index in [9.17, 15) is 22.4 Å². The zero-order valence-electron chi connectivity index (χ0n) is 13.6. The van der Waals surface area contributed by atoms with E-state index in [1.54, 1.807) is 0 Å². The van der Waals surface area contributed by atoms with Crippen molar-refractivity contribution in [1.82, 2.24) is 14.6 Å². The summed E-state index contributed by atoms with van der Waals surface area (Å²) in [4.78, 5) is 16.4. The molecule has 6 nitrogen and oxygen atoms in total. The molecule has 1 amide bonds. The Kier molecular flexibility index (Phi) is 4.92. The molecule has 0 unspecified atom stereocenters. The summed E-state index contributed by atoms with van der Waals surface area (Å²) in [6.07, 6.45) is 0. The number of carbonyl (C=O) groups is 1. The number of nitrogens with one attached hydrogen (secondary N) is 1. The minimum absolute atomic E-state index is 0.0207.